The Morgan fingerprint density at radius 2 is 1.57 bits per heavy atom. The second-order valence-electron chi connectivity index (χ2n) is 1.32. The summed E-state index contributed by atoms with van der Waals surface area (Å²) in [6.07, 6.45) is 2.56. The maximum Gasteiger partial charge on any atom is 0.109 e. The Bertz CT molecular complexity index is 23.3. The molecule has 1 heterocycles. The van der Waals surface area contributed by atoms with Gasteiger partial charge in [0, 0.05) is 13.2 Å². The highest BCUT2D eigenvalue weighted by atomic mass is 35.6. The lowest BCUT2D eigenvalue weighted by Crippen LogP contribution is -1.74. The first-order valence-corrected chi connectivity index (χ1v) is 5.48. The number of halogens is 1. The van der Waals surface area contributed by atoms with Gasteiger partial charge in [0.25, 0.3) is 0 Å². The van der Waals surface area contributed by atoms with E-state index in [4.69, 9.17) is 15.8 Å². The van der Waals surface area contributed by atoms with Crippen molar-refractivity contribution in [3.63, 3.8) is 0 Å². The van der Waals surface area contributed by atoms with Crippen molar-refractivity contribution in [3.8, 4) is 0 Å². The van der Waals surface area contributed by atoms with E-state index in [0.29, 0.717) is 0 Å². The van der Waals surface area contributed by atoms with E-state index in [9.17, 15) is 0 Å². The fraction of sp³-hybridized carbons (Fsp3) is 1.00. The third-order valence-electron chi connectivity index (χ3n) is 0.827. The van der Waals surface area contributed by atoms with Crippen LogP contribution in [0, 0.1) is 0 Å². The van der Waals surface area contributed by atoms with Crippen LogP contribution in [0.5, 0.6) is 0 Å². The van der Waals surface area contributed by atoms with Crippen molar-refractivity contribution < 1.29 is 4.74 Å². The zero-order chi connectivity index (χ0) is 5.54. The minimum atomic E-state index is 0.778. The summed E-state index contributed by atoms with van der Waals surface area (Å²) in [5, 5.41) is 0. The first kappa shape index (κ1) is 7.47. The summed E-state index contributed by atoms with van der Waals surface area (Å²) in [5.41, 5.74) is 0. The summed E-state index contributed by atoms with van der Waals surface area (Å²) >= 11 is 4.78. The van der Waals surface area contributed by atoms with Gasteiger partial charge in [0.2, 0.25) is 0 Å². The van der Waals surface area contributed by atoms with Gasteiger partial charge in [-0.05, 0) is 12.8 Å². The van der Waals surface area contributed by atoms with Crippen molar-refractivity contribution in [2.75, 3.05) is 13.2 Å². The number of hydrogen-bond acceptors (Lipinski definition) is 1. The average Bonchev–Trinajstić information content (AvgIpc) is 2.23. The topological polar surface area (TPSA) is 9.23 Å². The summed E-state index contributed by atoms with van der Waals surface area (Å²) in [6.45, 7) is 2.00. The molecule has 0 unspecified atom stereocenters. The van der Waals surface area contributed by atoms with Crippen LogP contribution in [0.2, 0.25) is 0 Å². The minimum Gasteiger partial charge on any atom is -0.381 e. The molecule has 7 heavy (non-hydrogen) atoms. The molecule has 0 saturated carbocycles. The molecule has 0 aromatic carbocycles. The second-order valence-corrected chi connectivity index (χ2v) is 1.32. The summed E-state index contributed by atoms with van der Waals surface area (Å²) in [4.78, 5) is 0. The normalized spacial score (nSPS) is 18.4. The van der Waals surface area contributed by atoms with Crippen LogP contribution < -0.4 is 0 Å². The predicted octanol–water partition coefficient (Wildman–Crippen LogP) is 0.302. The van der Waals surface area contributed by atoms with Crippen LogP contribution in [0.15, 0.2) is 0 Å². The van der Waals surface area contributed by atoms with Gasteiger partial charge in [-0.2, -0.15) is 11.1 Å². The highest BCUT2D eigenvalue weighted by molar-refractivity contribution is 6.80. The number of ether oxygens (including phenoxy) is 1. The van der Waals surface area contributed by atoms with Gasteiger partial charge in [-0.1, -0.05) is 0 Å². The second kappa shape index (κ2) is 6.47. The van der Waals surface area contributed by atoms with E-state index in [1.165, 1.54) is 12.8 Å². The SMILES string of the molecule is C1CCOC1.[SiH3]Cl. The summed E-state index contributed by atoms with van der Waals surface area (Å²) in [7, 11) is 0.778. The molecule has 0 aromatic rings. The quantitative estimate of drug-likeness (QED) is 0.346. The Kier molecular flexibility index (Phi) is 6.90. The van der Waals surface area contributed by atoms with Gasteiger partial charge in [-0.15, -0.1) is 0 Å². The van der Waals surface area contributed by atoms with E-state index in [1.54, 1.807) is 0 Å². The average molecular weight is 139 g/mol. The molecule has 0 bridgehead atoms. The number of hydrogen-bond donors (Lipinski definition) is 0. The van der Waals surface area contributed by atoms with Crippen LogP contribution >= 0.6 is 11.1 Å². The summed E-state index contributed by atoms with van der Waals surface area (Å²) in [5.74, 6) is 0. The van der Waals surface area contributed by atoms with E-state index in [1.807, 2.05) is 0 Å². The lowest BCUT2D eigenvalue weighted by Gasteiger charge is -1.76. The summed E-state index contributed by atoms with van der Waals surface area (Å²) < 4.78 is 4.94. The van der Waals surface area contributed by atoms with Crippen LogP contribution in [-0.4, -0.2) is 22.8 Å². The van der Waals surface area contributed by atoms with Gasteiger partial charge >= 0.3 is 0 Å². The molecule has 1 nitrogen and oxygen atoms in total. The zero-order valence-corrected chi connectivity index (χ0v) is 7.37. The molecule has 0 atom stereocenters. The van der Waals surface area contributed by atoms with Gasteiger partial charge < -0.3 is 4.74 Å². The Hall–Kier alpha value is 0.467. The van der Waals surface area contributed by atoms with E-state index >= 15 is 0 Å². The van der Waals surface area contributed by atoms with Gasteiger partial charge in [0.15, 0.2) is 0 Å². The smallest absolute Gasteiger partial charge is 0.109 e. The first-order chi connectivity index (χ1) is 3.50. The highest BCUT2D eigenvalue weighted by Crippen LogP contribution is 1.98. The molecule has 0 radical (unpaired) electrons. The molecular weight excluding hydrogens is 128 g/mol. The molecule has 1 fully saturated rings. The molecule has 0 N–H and O–H groups in total. The van der Waals surface area contributed by atoms with Gasteiger partial charge in [-0.25, -0.2) is 0 Å². The Labute approximate surface area is 52.1 Å². The molecule has 1 aliphatic rings. The molecule has 3 heteroatoms. The van der Waals surface area contributed by atoms with Crippen LogP contribution in [-0.2, 0) is 4.74 Å². The fourth-order valence-electron chi connectivity index (χ4n) is 0.510. The van der Waals surface area contributed by atoms with Crippen LogP contribution in [0.4, 0.5) is 0 Å². The maximum atomic E-state index is 4.94. The first-order valence-electron chi connectivity index (χ1n) is 2.46. The Morgan fingerprint density at radius 3 is 1.71 bits per heavy atom. The molecular formula is C4H11ClOSi. The monoisotopic (exact) mass is 138 g/mol. The predicted molar refractivity (Wildman–Crippen MR) is 35.8 cm³/mol. The molecule has 0 aliphatic carbocycles. The van der Waals surface area contributed by atoms with Gasteiger partial charge in [0.05, 0.1) is 0 Å². The lowest BCUT2D eigenvalue weighted by atomic mass is 10.4. The van der Waals surface area contributed by atoms with Crippen LogP contribution in [0.3, 0.4) is 0 Å². The van der Waals surface area contributed by atoms with Crippen molar-refractivity contribution in [2.24, 2.45) is 0 Å². The number of rotatable bonds is 0. The molecule has 0 spiro atoms. The van der Waals surface area contributed by atoms with Crippen LogP contribution in [0.25, 0.3) is 0 Å². The van der Waals surface area contributed by atoms with Crippen molar-refractivity contribution in [1.82, 2.24) is 0 Å². The molecule has 1 saturated heterocycles. The Balaban J connectivity index is 0.000000162. The molecule has 1 aliphatic heterocycles. The van der Waals surface area contributed by atoms with Crippen molar-refractivity contribution in [3.05, 3.63) is 0 Å². The van der Waals surface area contributed by atoms with E-state index in [2.05, 4.69) is 0 Å². The third-order valence-corrected chi connectivity index (χ3v) is 0.827. The van der Waals surface area contributed by atoms with Gasteiger partial charge in [0.1, 0.15) is 9.55 Å². The Morgan fingerprint density at radius 1 is 1.14 bits per heavy atom. The van der Waals surface area contributed by atoms with Crippen molar-refractivity contribution >= 4 is 20.6 Å². The van der Waals surface area contributed by atoms with E-state index in [-0.39, 0.29) is 0 Å². The van der Waals surface area contributed by atoms with Gasteiger partial charge in [-0.3, -0.25) is 0 Å². The third kappa shape index (κ3) is 4.32. The van der Waals surface area contributed by atoms with Crippen molar-refractivity contribution in [2.45, 2.75) is 12.8 Å². The maximum absolute atomic E-state index is 4.94. The van der Waals surface area contributed by atoms with Crippen molar-refractivity contribution in [1.29, 1.82) is 0 Å². The standard InChI is InChI=1S/C4H8O.ClH3Si/c1-2-4-5-3-1;1-2/h1-4H2;2H3. The molecule has 0 amide bonds. The largest absolute Gasteiger partial charge is 0.381 e. The minimum absolute atomic E-state index is 0.778. The highest BCUT2D eigenvalue weighted by Gasteiger charge is 1.94. The molecule has 44 valence electrons. The fourth-order valence-corrected chi connectivity index (χ4v) is 0.510. The van der Waals surface area contributed by atoms with E-state index in [0.717, 1.165) is 22.8 Å². The molecule has 0 aromatic heterocycles. The zero-order valence-electron chi connectivity index (χ0n) is 4.61. The summed E-state index contributed by atoms with van der Waals surface area (Å²) in [6, 6.07) is 0. The van der Waals surface area contributed by atoms with Crippen LogP contribution in [0.1, 0.15) is 12.8 Å². The lowest BCUT2D eigenvalue weighted by molar-refractivity contribution is 0.198. The van der Waals surface area contributed by atoms with E-state index < -0.39 is 0 Å². The molecule has 1 rings (SSSR count).